The number of benzene rings is 1. The van der Waals surface area contributed by atoms with Crippen LogP contribution in [0.2, 0.25) is 0 Å². The molecule has 82 valence electrons. The van der Waals surface area contributed by atoms with Crippen molar-refractivity contribution in [1.29, 1.82) is 0 Å². The highest BCUT2D eigenvalue weighted by molar-refractivity contribution is 5.68. The molecule has 2 rings (SSSR count). The molecule has 0 saturated heterocycles. The maximum atomic E-state index is 13.4. The molecular formula is C11H10FN3O. The number of halogens is 1. The smallest absolute Gasteiger partial charge is 0.272 e. The molecule has 0 aliphatic heterocycles. The quantitative estimate of drug-likeness (QED) is 0.713. The highest BCUT2D eigenvalue weighted by atomic mass is 19.1. The Labute approximate surface area is 90.9 Å². The Morgan fingerprint density at radius 1 is 1.44 bits per heavy atom. The highest BCUT2D eigenvalue weighted by Gasteiger charge is 2.08. The van der Waals surface area contributed by atoms with Crippen LogP contribution in [0.1, 0.15) is 5.56 Å². The molecule has 0 spiro atoms. The van der Waals surface area contributed by atoms with E-state index in [4.69, 9.17) is 5.73 Å². The summed E-state index contributed by atoms with van der Waals surface area (Å²) in [5, 5.41) is 5.85. The summed E-state index contributed by atoms with van der Waals surface area (Å²) in [5.41, 5.74) is 6.78. The Kier molecular flexibility index (Phi) is 2.44. The van der Waals surface area contributed by atoms with E-state index in [9.17, 15) is 9.18 Å². The molecule has 1 heterocycles. The zero-order valence-electron chi connectivity index (χ0n) is 8.62. The molecule has 0 fully saturated rings. The molecule has 0 saturated carbocycles. The summed E-state index contributed by atoms with van der Waals surface area (Å²) in [7, 11) is 0. The van der Waals surface area contributed by atoms with Gasteiger partial charge in [0.25, 0.3) is 5.56 Å². The molecule has 2 aromatic rings. The van der Waals surface area contributed by atoms with Crippen LogP contribution in [0.15, 0.2) is 29.2 Å². The topological polar surface area (TPSA) is 71.8 Å². The second kappa shape index (κ2) is 3.77. The van der Waals surface area contributed by atoms with Gasteiger partial charge >= 0.3 is 0 Å². The minimum atomic E-state index is -0.425. The Bertz CT molecular complexity index is 569. The second-order valence-electron chi connectivity index (χ2n) is 3.47. The van der Waals surface area contributed by atoms with Gasteiger partial charge in [-0.1, -0.05) is 0 Å². The first kappa shape index (κ1) is 10.4. The lowest BCUT2D eigenvalue weighted by Gasteiger charge is -2.05. The standard InChI is InChI=1S/C11H10FN3O/c1-6-9(12)4-7(5-10(6)13)8-2-3-14-15-11(8)16/h2-5H,13H2,1H3,(H,15,16). The number of aromatic nitrogens is 2. The van der Waals surface area contributed by atoms with Crippen LogP contribution in [0.4, 0.5) is 10.1 Å². The maximum absolute atomic E-state index is 13.4. The van der Waals surface area contributed by atoms with Gasteiger partial charge in [-0.3, -0.25) is 4.79 Å². The largest absolute Gasteiger partial charge is 0.398 e. The molecule has 5 heteroatoms. The summed E-state index contributed by atoms with van der Waals surface area (Å²) in [6.45, 7) is 1.59. The number of hydrogen-bond donors (Lipinski definition) is 2. The van der Waals surface area contributed by atoms with Gasteiger partial charge in [-0.25, -0.2) is 9.49 Å². The van der Waals surface area contributed by atoms with Crippen LogP contribution in [0.3, 0.4) is 0 Å². The molecular weight excluding hydrogens is 209 g/mol. The van der Waals surface area contributed by atoms with Crippen LogP contribution in [-0.2, 0) is 0 Å². The normalized spacial score (nSPS) is 10.4. The van der Waals surface area contributed by atoms with Gasteiger partial charge in [0.15, 0.2) is 0 Å². The number of nitrogens with zero attached hydrogens (tertiary/aromatic N) is 1. The van der Waals surface area contributed by atoms with Gasteiger partial charge in [0.1, 0.15) is 5.82 Å². The fourth-order valence-electron chi connectivity index (χ4n) is 1.43. The van der Waals surface area contributed by atoms with Crippen molar-refractivity contribution in [1.82, 2.24) is 10.2 Å². The number of rotatable bonds is 1. The molecule has 4 nitrogen and oxygen atoms in total. The van der Waals surface area contributed by atoms with Crippen molar-refractivity contribution >= 4 is 5.69 Å². The van der Waals surface area contributed by atoms with Crippen molar-refractivity contribution in [3.63, 3.8) is 0 Å². The average Bonchev–Trinajstić information content (AvgIpc) is 2.26. The lowest BCUT2D eigenvalue weighted by atomic mass is 10.0. The summed E-state index contributed by atoms with van der Waals surface area (Å²) < 4.78 is 13.4. The van der Waals surface area contributed by atoms with Crippen LogP contribution in [0.5, 0.6) is 0 Å². The van der Waals surface area contributed by atoms with Gasteiger partial charge in [0, 0.05) is 17.4 Å². The van der Waals surface area contributed by atoms with E-state index in [1.165, 1.54) is 18.3 Å². The minimum Gasteiger partial charge on any atom is -0.398 e. The van der Waals surface area contributed by atoms with Crippen molar-refractivity contribution in [3.8, 4) is 11.1 Å². The number of nitrogens with one attached hydrogen (secondary N) is 1. The van der Waals surface area contributed by atoms with E-state index in [1.54, 1.807) is 13.0 Å². The predicted octanol–water partition coefficient (Wildman–Crippen LogP) is 1.47. The molecule has 3 N–H and O–H groups in total. The number of hydrogen-bond acceptors (Lipinski definition) is 3. The summed E-state index contributed by atoms with van der Waals surface area (Å²) in [6, 6.07) is 4.38. The molecule has 0 aliphatic rings. The molecule has 0 unspecified atom stereocenters. The maximum Gasteiger partial charge on any atom is 0.272 e. The van der Waals surface area contributed by atoms with Crippen molar-refractivity contribution in [2.45, 2.75) is 6.92 Å². The fraction of sp³-hybridized carbons (Fsp3) is 0.0909. The van der Waals surface area contributed by atoms with Gasteiger partial charge in [0.05, 0.1) is 5.56 Å². The van der Waals surface area contributed by atoms with Crippen molar-refractivity contribution in [2.24, 2.45) is 0 Å². The Morgan fingerprint density at radius 2 is 2.19 bits per heavy atom. The fourth-order valence-corrected chi connectivity index (χ4v) is 1.43. The van der Waals surface area contributed by atoms with Crippen molar-refractivity contribution in [2.75, 3.05) is 5.73 Å². The number of aromatic amines is 1. The molecule has 0 radical (unpaired) electrons. The van der Waals surface area contributed by atoms with E-state index in [2.05, 4.69) is 10.2 Å². The molecule has 1 aromatic carbocycles. The number of H-pyrrole nitrogens is 1. The first-order chi connectivity index (χ1) is 7.59. The number of nitrogen functional groups attached to an aromatic ring is 1. The van der Waals surface area contributed by atoms with Gasteiger partial charge in [0.2, 0.25) is 0 Å². The van der Waals surface area contributed by atoms with Crippen LogP contribution >= 0.6 is 0 Å². The number of nitrogens with two attached hydrogens (primary N) is 1. The van der Waals surface area contributed by atoms with E-state index >= 15 is 0 Å². The first-order valence-electron chi connectivity index (χ1n) is 4.69. The minimum absolute atomic E-state index is 0.325. The summed E-state index contributed by atoms with van der Waals surface area (Å²) >= 11 is 0. The van der Waals surface area contributed by atoms with Gasteiger partial charge in [-0.15, -0.1) is 0 Å². The third-order valence-electron chi connectivity index (χ3n) is 2.42. The van der Waals surface area contributed by atoms with Crippen LogP contribution in [0.25, 0.3) is 11.1 Å². The van der Waals surface area contributed by atoms with E-state index in [1.807, 2.05) is 0 Å². The van der Waals surface area contributed by atoms with E-state index in [-0.39, 0.29) is 5.56 Å². The van der Waals surface area contributed by atoms with Crippen molar-refractivity contribution in [3.05, 3.63) is 46.1 Å². The van der Waals surface area contributed by atoms with Crippen LogP contribution in [-0.4, -0.2) is 10.2 Å². The van der Waals surface area contributed by atoms with Gasteiger partial charge in [-0.05, 0) is 30.7 Å². The summed E-state index contributed by atoms with van der Waals surface area (Å²) in [6.07, 6.45) is 1.44. The van der Waals surface area contributed by atoms with E-state index < -0.39 is 5.82 Å². The average molecular weight is 219 g/mol. The molecule has 0 aliphatic carbocycles. The zero-order chi connectivity index (χ0) is 11.7. The molecule has 0 amide bonds. The Morgan fingerprint density at radius 3 is 2.81 bits per heavy atom. The van der Waals surface area contributed by atoms with Gasteiger partial charge in [-0.2, -0.15) is 5.10 Å². The molecule has 0 atom stereocenters. The Hall–Kier alpha value is -2.17. The Balaban J connectivity index is 2.67. The molecule has 0 bridgehead atoms. The lowest BCUT2D eigenvalue weighted by Crippen LogP contribution is -2.10. The monoisotopic (exact) mass is 219 g/mol. The summed E-state index contributed by atoms with van der Waals surface area (Å²) in [4.78, 5) is 11.4. The third kappa shape index (κ3) is 1.67. The first-order valence-corrected chi connectivity index (χ1v) is 4.69. The summed E-state index contributed by atoms with van der Waals surface area (Å²) in [5.74, 6) is -0.425. The SMILES string of the molecule is Cc1c(N)cc(-c2ccn[nH]c2=O)cc1F. The predicted molar refractivity (Wildman–Crippen MR) is 59.4 cm³/mol. The third-order valence-corrected chi connectivity index (χ3v) is 2.42. The van der Waals surface area contributed by atoms with Crippen molar-refractivity contribution < 1.29 is 4.39 Å². The van der Waals surface area contributed by atoms with Crippen LogP contribution in [0, 0.1) is 12.7 Å². The highest BCUT2D eigenvalue weighted by Crippen LogP contribution is 2.23. The number of anilines is 1. The molecule has 1 aromatic heterocycles. The lowest BCUT2D eigenvalue weighted by molar-refractivity contribution is 0.620. The zero-order valence-corrected chi connectivity index (χ0v) is 8.62. The second-order valence-corrected chi connectivity index (χ2v) is 3.47. The van der Waals surface area contributed by atoms with E-state index in [0.717, 1.165) is 0 Å². The van der Waals surface area contributed by atoms with Crippen LogP contribution < -0.4 is 11.3 Å². The van der Waals surface area contributed by atoms with Gasteiger partial charge < -0.3 is 5.73 Å². The molecule has 16 heavy (non-hydrogen) atoms. The van der Waals surface area contributed by atoms with E-state index in [0.29, 0.717) is 22.4 Å².